The molecule has 0 unspecified atom stereocenters. The highest BCUT2D eigenvalue weighted by molar-refractivity contribution is 5.99. The summed E-state index contributed by atoms with van der Waals surface area (Å²) in [6, 6.07) is 3.84. The van der Waals surface area contributed by atoms with Gasteiger partial charge < -0.3 is 0 Å². The summed E-state index contributed by atoms with van der Waals surface area (Å²) in [6.45, 7) is 0. The molecule has 3 aromatic rings. The monoisotopic (exact) mass is 159 g/mol. The van der Waals surface area contributed by atoms with Gasteiger partial charge in [-0.25, -0.2) is 15.2 Å². The first-order chi connectivity index (χ1) is 5.95. The highest BCUT2D eigenvalue weighted by atomic mass is 15.3. The van der Waals surface area contributed by atoms with Crippen LogP contribution in [0.1, 0.15) is 0 Å². The van der Waals surface area contributed by atoms with Crippen LogP contribution in [0.2, 0.25) is 0 Å². The highest BCUT2D eigenvalue weighted by Gasteiger charge is 2.04. The topological polar surface area (TPSA) is 70.2 Å². The number of H-pyrrole nitrogens is 2. The molecule has 0 spiro atoms. The summed E-state index contributed by atoms with van der Waals surface area (Å²) in [7, 11) is 0. The molecule has 0 aliphatic rings. The molecule has 58 valence electrons. The number of imidazole rings is 1. The third kappa shape index (κ3) is 0.554. The minimum atomic E-state index is 0.838. The lowest BCUT2D eigenvalue weighted by atomic mass is 10.3. The van der Waals surface area contributed by atoms with Gasteiger partial charge in [0.25, 0.3) is 0 Å². The summed E-state index contributed by atoms with van der Waals surface area (Å²) in [4.78, 5) is 8.18. The fourth-order valence-electron chi connectivity index (χ4n) is 1.31. The van der Waals surface area contributed by atoms with E-state index in [0.29, 0.717) is 0 Å². The maximum atomic E-state index is 4.11. The average molecular weight is 159 g/mol. The van der Waals surface area contributed by atoms with E-state index in [2.05, 4.69) is 25.4 Å². The number of benzene rings is 1. The number of fused-ring (bicyclic) bond motifs is 3. The molecule has 0 saturated carbocycles. The zero-order valence-corrected chi connectivity index (χ0v) is 6.07. The van der Waals surface area contributed by atoms with E-state index in [1.807, 2.05) is 12.1 Å². The van der Waals surface area contributed by atoms with Gasteiger partial charge in [0.05, 0.1) is 11.0 Å². The molecule has 2 aromatic heterocycles. The van der Waals surface area contributed by atoms with Crippen LogP contribution in [0.4, 0.5) is 0 Å². The molecule has 0 radical (unpaired) electrons. The zero-order chi connectivity index (χ0) is 7.97. The molecule has 2 N–H and O–H groups in total. The second-order valence-corrected chi connectivity index (χ2v) is 2.55. The van der Waals surface area contributed by atoms with Gasteiger partial charge in [0.15, 0.2) is 0 Å². The van der Waals surface area contributed by atoms with Crippen molar-refractivity contribution in [2.75, 3.05) is 0 Å². The van der Waals surface area contributed by atoms with Gasteiger partial charge >= 0.3 is 0 Å². The Kier molecular flexibility index (Phi) is 0.864. The Hall–Kier alpha value is -1.91. The number of rotatable bonds is 0. The first-order valence-electron chi connectivity index (χ1n) is 3.57. The fourth-order valence-corrected chi connectivity index (χ4v) is 1.31. The number of hydrogen-bond acceptors (Lipinski definition) is 3. The Morgan fingerprint density at radius 3 is 3.08 bits per heavy atom. The molecule has 5 heteroatoms. The van der Waals surface area contributed by atoms with Crippen molar-refractivity contribution in [3.05, 3.63) is 18.5 Å². The molecule has 0 fully saturated rings. The van der Waals surface area contributed by atoms with E-state index in [0.717, 1.165) is 22.1 Å². The van der Waals surface area contributed by atoms with Crippen molar-refractivity contribution < 1.29 is 0 Å². The number of aromatic amines is 2. The SMILES string of the molecule is c1nc2ccc3[nH][nH]nc3c2n1. The van der Waals surface area contributed by atoms with E-state index >= 15 is 0 Å². The van der Waals surface area contributed by atoms with Crippen molar-refractivity contribution >= 4 is 22.1 Å². The van der Waals surface area contributed by atoms with Crippen molar-refractivity contribution in [2.45, 2.75) is 0 Å². The molecule has 1 aromatic carbocycles. The molecular weight excluding hydrogens is 154 g/mol. The third-order valence-electron chi connectivity index (χ3n) is 1.87. The lowest BCUT2D eigenvalue weighted by Gasteiger charge is -1.86. The van der Waals surface area contributed by atoms with Crippen LogP contribution in [0.5, 0.6) is 0 Å². The highest BCUT2D eigenvalue weighted by Crippen LogP contribution is 2.17. The predicted molar refractivity (Wildman–Crippen MR) is 43.5 cm³/mol. The van der Waals surface area contributed by atoms with Crippen LogP contribution < -0.4 is 0 Å². The minimum absolute atomic E-state index is 0.838. The fraction of sp³-hybridized carbons (Fsp3) is 0. The molecule has 0 saturated heterocycles. The van der Waals surface area contributed by atoms with Gasteiger partial charge in [-0.2, -0.15) is 5.10 Å². The van der Waals surface area contributed by atoms with Gasteiger partial charge in [-0.1, -0.05) is 0 Å². The maximum Gasteiger partial charge on any atom is 0.138 e. The number of nitrogens with one attached hydrogen (secondary N) is 2. The van der Waals surface area contributed by atoms with E-state index in [1.165, 1.54) is 0 Å². The first-order valence-corrected chi connectivity index (χ1v) is 3.57. The van der Waals surface area contributed by atoms with Crippen molar-refractivity contribution in [3.63, 3.8) is 0 Å². The Morgan fingerprint density at radius 1 is 1.08 bits per heavy atom. The lowest BCUT2D eigenvalue weighted by molar-refractivity contribution is 0.960. The molecule has 12 heavy (non-hydrogen) atoms. The molecular formula is C7H5N5. The van der Waals surface area contributed by atoms with Gasteiger partial charge in [-0.3, -0.25) is 5.10 Å². The Bertz CT molecular complexity index is 485. The van der Waals surface area contributed by atoms with Crippen molar-refractivity contribution in [2.24, 2.45) is 0 Å². The number of nitrogens with zero attached hydrogens (tertiary/aromatic N) is 3. The van der Waals surface area contributed by atoms with Gasteiger partial charge in [0.1, 0.15) is 17.4 Å². The molecule has 5 nitrogen and oxygen atoms in total. The molecule has 0 amide bonds. The van der Waals surface area contributed by atoms with Crippen LogP contribution in [-0.4, -0.2) is 25.4 Å². The van der Waals surface area contributed by atoms with E-state index in [9.17, 15) is 0 Å². The molecule has 0 atom stereocenters. The summed E-state index contributed by atoms with van der Waals surface area (Å²) in [5.41, 5.74) is 3.50. The van der Waals surface area contributed by atoms with Gasteiger partial charge in [-0.05, 0) is 12.1 Å². The van der Waals surface area contributed by atoms with Crippen LogP contribution in [0.25, 0.3) is 22.1 Å². The third-order valence-corrected chi connectivity index (χ3v) is 1.87. The summed E-state index contributed by atoms with van der Waals surface area (Å²) < 4.78 is 0. The number of hydrogen-bond donors (Lipinski definition) is 2. The first kappa shape index (κ1) is 5.70. The van der Waals surface area contributed by atoms with Crippen LogP contribution in [0.3, 0.4) is 0 Å². The Balaban J connectivity index is 2.71. The quantitative estimate of drug-likeness (QED) is 0.510. The molecule has 2 heterocycles. The lowest BCUT2D eigenvalue weighted by Crippen LogP contribution is -1.73. The standard InChI is InChI=1S/C7H5N5/c1-2-5-7(11-12-10-5)6-4(1)8-3-9-6/h1-3,10,12H. The minimum Gasteiger partial charge on any atom is -0.283 e. The molecule has 0 aliphatic carbocycles. The van der Waals surface area contributed by atoms with Crippen molar-refractivity contribution in [3.8, 4) is 0 Å². The van der Waals surface area contributed by atoms with E-state index in [4.69, 9.17) is 0 Å². The molecule has 0 aliphatic heterocycles. The van der Waals surface area contributed by atoms with Gasteiger partial charge in [-0.15, -0.1) is 0 Å². The van der Waals surface area contributed by atoms with Crippen molar-refractivity contribution in [1.82, 2.24) is 25.4 Å². The predicted octanol–water partition coefficient (Wildman–Crippen LogP) is 0.834. The smallest absolute Gasteiger partial charge is 0.138 e. The normalized spacial score (nSPS) is 11.3. The van der Waals surface area contributed by atoms with Crippen LogP contribution in [0, 0.1) is 0 Å². The summed E-state index contributed by atoms with van der Waals surface area (Å²) in [5.74, 6) is 0. The van der Waals surface area contributed by atoms with Crippen molar-refractivity contribution in [1.29, 1.82) is 0 Å². The van der Waals surface area contributed by atoms with Gasteiger partial charge in [0.2, 0.25) is 0 Å². The van der Waals surface area contributed by atoms with E-state index < -0.39 is 0 Å². The zero-order valence-electron chi connectivity index (χ0n) is 6.07. The second-order valence-electron chi connectivity index (χ2n) is 2.55. The van der Waals surface area contributed by atoms with E-state index in [1.54, 1.807) is 6.33 Å². The van der Waals surface area contributed by atoms with Crippen LogP contribution in [-0.2, 0) is 0 Å². The van der Waals surface area contributed by atoms with Crippen LogP contribution >= 0.6 is 0 Å². The number of aromatic nitrogens is 5. The second kappa shape index (κ2) is 1.82. The molecule has 0 bridgehead atoms. The maximum absolute atomic E-state index is 4.11. The summed E-state index contributed by atoms with van der Waals surface area (Å²) >= 11 is 0. The van der Waals surface area contributed by atoms with Gasteiger partial charge in [0, 0.05) is 0 Å². The Morgan fingerprint density at radius 2 is 2.08 bits per heavy atom. The Labute approximate surface area is 66.8 Å². The average Bonchev–Trinajstić information content (AvgIpc) is 2.71. The summed E-state index contributed by atoms with van der Waals surface area (Å²) in [5, 5.41) is 9.61. The molecule has 3 rings (SSSR count). The summed E-state index contributed by atoms with van der Waals surface area (Å²) in [6.07, 6.45) is 1.54. The largest absolute Gasteiger partial charge is 0.283 e. The van der Waals surface area contributed by atoms with Crippen LogP contribution in [0.15, 0.2) is 18.5 Å². The van der Waals surface area contributed by atoms with E-state index in [-0.39, 0.29) is 0 Å².